The molecule has 1 aliphatic rings. The average Bonchev–Trinajstić information content (AvgIpc) is 3.35. The fourth-order valence-corrected chi connectivity index (χ4v) is 6.67. The first kappa shape index (κ1) is 33.2. The van der Waals surface area contributed by atoms with Crippen molar-refractivity contribution in [3.05, 3.63) is 169 Å². The van der Waals surface area contributed by atoms with Crippen LogP contribution in [0.4, 0.5) is 0 Å². The zero-order valence-corrected chi connectivity index (χ0v) is 30.4. The second kappa shape index (κ2) is 13.4. The zero-order valence-electron chi connectivity index (χ0n) is 28.0. The molecule has 0 bridgehead atoms. The fraction of sp³-hybridized carbons (Fsp3) is 0.156. The molecule has 1 aliphatic carbocycles. The third-order valence-corrected chi connectivity index (χ3v) is 9.22. The van der Waals surface area contributed by atoms with Gasteiger partial charge in [0.25, 0.3) is 0 Å². The molecule has 0 aliphatic heterocycles. The van der Waals surface area contributed by atoms with Gasteiger partial charge in [-0.2, -0.15) is 0 Å². The van der Waals surface area contributed by atoms with E-state index in [2.05, 4.69) is 149 Å². The summed E-state index contributed by atoms with van der Waals surface area (Å²) >= 11 is 0. The molecule has 1 radical (unpaired) electrons. The second-order valence-electron chi connectivity index (χ2n) is 13.8. The van der Waals surface area contributed by atoms with Crippen LogP contribution in [0.15, 0.2) is 140 Å². The Hall–Kier alpha value is -4.69. The van der Waals surface area contributed by atoms with Crippen LogP contribution in [-0.4, -0.2) is 9.97 Å². The molecule has 239 valence electrons. The Labute approximate surface area is 298 Å². The van der Waals surface area contributed by atoms with E-state index in [-0.39, 0.29) is 30.9 Å². The van der Waals surface area contributed by atoms with E-state index < -0.39 is 0 Å². The largest absolute Gasteiger partial charge is 0.305 e. The van der Waals surface area contributed by atoms with Crippen LogP contribution in [-0.2, 0) is 30.9 Å². The van der Waals surface area contributed by atoms with Gasteiger partial charge in [0.2, 0.25) is 0 Å². The molecular formula is C45H38IrN2-2. The third kappa shape index (κ3) is 6.41. The molecule has 8 rings (SSSR count). The van der Waals surface area contributed by atoms with E-state index in [4.69, 9.17) is 4.98 Å². The van der Waals surface area contributed by atoms with Crippen LogP contribution in [0.1, 0.15) is 51.3 Å². The van der Waals surface area contributed by atoms with Gasteiger partial charge >= 0.3 is 0 Å². The maximum absolute atomic E-state index is 4.70. The second-order valence-corrected chi connectivity index (χ2v) is 13.8. The van der Waals surface area contributed by atoms with Crippen LogP contribution in [0.5, 0.6) is 0 Å². The molecule has 0 N–H and O–H groups in total. The summed E-state index contributed by atoms with van der Waals surface area (Å²) in [6.07, 6.45) is 3.79. The van der Waals surface area contributed by atoms with Crippen molar-refractivity contribution in [2.75, 3.05) is 0 Å². The molecule has 2 aromatic heterocycles. The van der Waals surface area contributed by atoms with Gasteiger partial charge in [-0.3, -0.25) is 0 Å². The molecular weight excluding hydrogens is 761 g/mol. The summed E-state index contributed by atoms with van der Waals surface area (Å²) in [6.45, 7) is 11.3. The Kier molecular flexibility index (Phi) is 9.30. The average molecular weight is 799 g/mol. The quantitative estimate of drug-likeness (QED) is 0.166. The molecule has 0 atom stereocenters. The molecule has 0 spiro atoms. The van der Waals surface area contributed by atoms with Crippen molar-refractivity contribution < 1.29 is 20.1 Å². The number of rotatable bonds is 3. The van der Waals surface area contributed by atoms with E-state index in [0.717, 1.165) is 22.5 Å². The molecule has 0 fully saturated rings. The Morgan fingerprint density at radius 1 is 0.604 bits per heavy atom. The third-order valence-electron chi connectivity index (χ3n) is 9.22. The van der Waals surface area contributed by atoms with Crippen LogP contribution in [0.2, 0.25) is 0 Å². The van der Waals surface area contributed by atoms with Crippen molar-refractivity contribution in [1.29, 1.82) is 0 Å². The van der Waals surface area contributed by atoms with E-state index in [1.807, 2.05) is 42.7 Å². The minimum absolute atomic E-state index is 0. The monoisotopic (exact) mass is 799 g/mol. The predicted octanol–water partition coefficient (Wildman–Crippen LogP) is 11.5. The van der Waals surface area contributed by atoms with Crippen LogP contribution in [0.25, 0.3) is 55.5 Å². The molecule has 2 nitrogen and oxygen atoms in total. The number of pyridine rings is 2. The standard InChI is InChI=1S/C24H24N.C21H14N.Ir/c1-23(2,3)16-13-14-25-21(15-16)19-11-8-10-18-17-9-6-7-12-20(17)24(4,5)22(18)19;1-2-6-16(7-3-1)19-12-13-22-21(15-19)20-11-10-17-8-4-5-9-18(17)14-20;/h6-10,12-15H,1-5H3;1-10,12-15H;/q2*-1;. The number of fused-ring (bicyclic) bond motifs is 4. The summed E-state index contributed by atoms with van der Waals surface area (Å²) < 4.78 is 0. The Balaban J connectivity index is 0.000000165. The number of hydrogen-bond acceptors (Lipinski definition) is 2. The molecule has 3 heteroatoms. The number of benzene rings is 5. The molecule has 2 heterocycles. The summed E-state index contributed by atoms with van der Waals surface area (Å²) in [5, 5.41) is 2.41. The topological polar surface area (TPSA) is 25.8 Å². The first-order valence-corrected chi connectivity index (χ1v) is 16.2. The smallest absolute Gasteiger partial charge is 0.0166 e. The summed E-state index contributed by atoms with van der Waals surface area (Å²) in [4.78, 5) is 9.21. The molecule has 0 amide bonds. The van der Waals surface area contributed by atoms with Crippen LogP contribution >= 0.6 is 0 Å². The van der Waals surface area contributed by atoms with Gasteiger partial charge < -0.3 is 9.97 Å². The summed E-state index contributed by atoms with van der Waals surface area (Å²) in [7, 11) is 0. The maximum atomic E-state index is 4.70. The van der Waals surface area contributed by atoms with Gasteiger partial charge in [0.1, 0.15) is 0 Å². The zero-order chi connectivity index (χ0) is 32.6. The van der Waals surface area contributed by atoms with Crippen LogP contribution < -0.4 is 0 Å². The van der Waals surface area contributed by atoms with Gasteiger partial charge in [-0.05, 0) is 62.2 Å². The molecule has 0 unspecified atom stereocenters. The van der Waals surface area contributed by atoms with Crippen molar-refractivity contribution in [2.24, 2.45) is 0 Å². The SMILES string of the molecule is CC(C)(C)c1ccnc(-c2[c-]ccc3c2C(C)(C)c2ccccc2-3)c1.[Ir].[c-]1cc2ccccc2cc1-c1cc(-c2ccccc2)ccn1. The van der Waals surface area contributed by atoms with Crippen molar-refractivity contribution in [3.63, 3.8) is 0 Å². The van der Waals surface area contributed by atoms with E-state index in [0.29, 0.717) is 0 Å². The summed E-state index contributed by atoms with van der Waals surface area (Å²) in [5.41, 5.74) is 13.2. The number of aromatic nitrogens is 2. The molecule has 7 aromatic rings. The molecule has 0 saturated heterocycles. The fourth-order valence-electron chi connectivity index (χ4n) is 6.67. The Morgan fingerprint density at radius 2 is 1.29 bits per heavy atom. The van der Waals surface area contributed by atoms with Gasteiger partial charge in [0.15, 0.2) is 0 Å². The van der Waals surface area contributed by atoms with Crippen molar-refractivity contribution in [1.82, 2.24) is 9.97 Å². The van der Waals surface area contributed by atoms with Gasteiger partial charge in [0.05, 0.1) is 0 Å². The van der Waals surface area contributed by atoms with E-state index in [1.165, 1.54) is 49.7 Å². The van der Waals surface area contributed by atoms with Gasteiger partial charge in [-0.1, -0.05) is 137 Å². The van der Waals surface area contributed by atoms with Crippen LogP contribution in [0, 0.1) is 12.1 Å². The summed E-state index contributed by atoms with van der Waals surface area (Å²) in [6, 6.07) is 51.2. The summed E-state index contributed by atoms with van der Waals surface area (Å²) in [5.74, 6) is 0. The van der Waals surface area contributed by atoms with Crippen molar-refractivity contribution >= 4 is 10.8 Å². The number of hydrogen-bond donors (Lipinski definition) is 0. The van der Waals surface area contributed by atoms with Gasteiger partial charge in [-0.15, -0.1) is 58.5 Å². The Morgan fingerprint density at radius 3 is 2.08 bits per heavy atom. The van der Waals surface area contributed by atoms with E-state index in [1.54, 1.807) is 0 Å². The minimum Gasteiger partial charge on any atom is -0.305 e. The van der Waals surface area contributed by atoms with Crippen molar-refractivity contribution in [2.45, 2.75) is 45.4 Å². The Bertz CT molecular complexity index is 2210. The normalized spacial score (nSPS) is 12.7. The van der Waals surface area contributed by atoms with Gasteiger partial charge in [0, 0.05) is 32.5 Å². The molecule has 48 heavy (non-hydrogen) atoms. The van der Waals surface area contributed by atoms with E-state index >= 15 is 0 Å². The first-order valence-electron chi connectivity index (χ1n) is 16.2. The van der Waals surface area contributed by atoms with Crippen molar-refractivity contribution in [3.8, 4) is 44.8 Å². The van der Waals surface area contributed by atoms with Gasteiger partial charge in [-0.25, -0.2) is 0 Å². The maximum Gasteiger partial charge on any atom is 0.0166 e. The molecule has 5 aromatic carbocycles. The predicted molar refractivity (Wildman–Crippen MR) is 196 cm³/mol. The first-order chi connectivity index (χ1) is 22.7. The van der Waals surface area contributed by atoms with Crippen LogP contribution in [0.3, 0.4) is 0 Å². The molecule has 0 saturated carbocycles. The minimum atomic E-state index is -0.0432. The van der Waals surface area contributed by atoms with E-state index in [9.17, 15) is 0 Å². The number of nitrogens with zero attached hydrogens (tertiary/aromatic N) is 2.